The fourth-order valence-electron chi connectivity index (χ4n) is 4.79. The van der Waals surface area contributed by atoms with Crippen LogP contribution in [0.3, 0.4) is 0 Å². The first kappa shape index (κ1) is 24.0. The third kappa shape index (κ3) is 7.78. The summed E-state index contributed by atoms with van der Waals surface area (Å²) < 4.78 is 0. The van der Waals surface area contributed by atoms with Crippen molar-refractivity contribution in [3.63, 3.8) is 0 Å². The average molecular weight is 429 g/mol. The maximum Gasteiger partial charge on any atom is 0.191 e. The Balaban J connectivity index is 1.45. The van der Waals surface area contributed by atoms with E-state index in [4.69, 9.17) is 4.99 Å². The van der Waals surface area contributed by atoms with E-state index in [1.54, 1.807) is 0 Å². The van der Waals surface area contributed by atoms with Gasteiger partial charge in [-0.1, -0.05) is 44.2 Å². The first-order valence-electron chi connectivity index (χ1n) is 12.3. The summed E-state index contributed by atoms with van der Waals surface area (Å²) in [5.41, 5.74) is 1.39. The van der Waals surface area contributed by atoms with Crippen molar-refractivity contribution in [2.45, 2.75) is 52.7 Å². The van der Waals surface area contributed by atoms with Crippen molar-refractivity contribution in [1.82, 2.24) is 25.3 Å². The zero-order valence-corrected chi connectivity index (χ0v) is 20.2. The van der Waals surface area contributed by atoms with Crippen molar-refractivity contribution < 1.29 is 0 Å². The van der Waals surface area contributed by atoms with Gasteiger partial charge in [0.2, 0.25) is 0 Å². The van der Waals surface area contributed by atoms with Gasteiger partial charge in [0.05, 0.1) is 0 Å². The Bertz CT molecular complexity index is 655. The third-order valence-corrected chi connectivity index (χ3v) is 6.66. The van der Waals surface area contributed by atoms with Crippen molar-refractivity contribution in [1.29, 1.82) is 0 Å². The molecule has 2 heterocycles. The van der Waals surface area contributed by atoms with Gasteiger partial charge in [0.1, 0.15) is 0 Å². The molecule has 1 aromatic rings. The lowest BCUT2D eigenvalue weighted by molar-refractivity contribution is 0.125. The van der Waals surface area contributed by atoms with E-state index in [-0.39, 0.29) is 0 Å². The molecular formula is C25H44N6. The Morgan fingerprint density at radius 2 is 1.81 bits per heavy atom. The normalized spacial score (nSPS) is 25.0. The lowest BCUT2D eigenvalue weighted by atomic mass is 10.1. The van der Waals surface area contributed by atoms with Crippen molar-refractivity contribution in [3.8, 4) is 0 Å². The molecule has 2 fully saturated rings. The summed E-state index contributed by atoms with van der Waals surface area (Å²) in [6.45, 7) is 20.1. The summed E-state index contributed by atoms with van der Waals surface area (Å²) in [5.74, 6) is 1.55. The number of rotatable bonds is 9. The monoisotopic (exact) mass is 428 g/mol. The molecule has 0 radical (unpaired) electrons. The molecule has 2 aliphatic rings. The van der Waals surface area contributed by atoms with Crippen LogP contribution in [0.25, 0.3) is 0 Å². The number of likely N-dealkylation sites (tertiary alicyclic amines) is 1. The van der Waals surface area contributed by atoms with Gasteiger partial charge >= 0.3 is 0 Å². The van der Waals surface area contributed by atoms with Crippen LogP contribution >= 0.6 is 0 Å². The molecule has 174 valence electrons. The highest BCUT2D eigenvalue weighted by Crippen LogP contribution is 2.20. The largest absolute Gasteiger partial charge is 0.357 e. The summed E-state index contributed by atoms with van der Waals surface area (Å²) in [5, 5.41) is 7.17. The van der Waals surface area contributed by atoms with E-state index >= 15 is 0 Å². The number of guanidine groups is 1. The van der Waals surface area contributed by atoms with Crippen molar-refractivity contribution >= 4 is 5.96 Å². The zero-order chi connectivity index (χ0) is 22.1. The number of nitrogens with zero attached hydrogens (tertiary/aromatic N) is 4. The van der Waals surface area contributed by atoms with E-state index in [2.05, 4.69) is 83.4 Å². The molecule has 2 saturated heterocycles. The van der Waals surface area contributed by atoms with E-state index in [0.717, 1.165) is 45.1 Å². The SMILES string of the molecule is CCNC(=NCC(C)CN1CCN(CC)CC1)NC1CC(C)N(Cc2ccccc2)C1. The predicted octanol–water partition coefficient (Wildman–Crippen LogP) is 2.48. The summed E-state index contributed by atoms with van der Waals surface area (Å²) in [4.78, 5) is 12.7. The van der Waals surface area contributed by atoms with E-state index in [1.807, 2.05) is 0 Å². The number of piperazine rings is 1. The van der Waals surface area contributed by atoms with E-state index < -0.39 is 0 Å². The molecule has 0 aliphatic carbocycles. The van der Waals surface area contributed by atoms with Gasteiger partial charge in [0, 0.05) is 71.0 Å². The van der Waals surface area contributed by atoms with Crippen LogP contribution in [0.5, 0.6) is 0 Å². The van der Waals surface area contributed by atoms with Crippen LogP contribution < -0.4 is 10.6 Å². The molecule has 2 aliphatic heterocycles. The smallest absolute Gasteiger partial charge is 0.191 e. The Morgan fingerprint density at radius 1 is 1.10 bits per heavy atom. The molecule has 1 aromatic carbocycles. The molecule has 3 atom stereocenters. The molecule has 6 nitrogen and oxygen atoms in total. The molecule has 0 amide bonds. The van der Waals surface area contributed by atoms with Gasteiger partial charge < -0.3 is 20.4 Å². The molecule has 0 bridgehead atoms. The summed E-state index contributed by atoms with van der Waals surface area (Å²) in [6, 6.07) is 11.8. The molecule has 0 aromatic heterocycles. The maximum absolute atomic E-state index is 4.95. The molecule has 6 heteroatoms. The number of aliphatic imine (C=N–C) groups is 1. The van der Waals surface area contributed by atoms with Gasteiger partial charge in [-0.3, -0.25) is 9.89 Å². The minimum absolute atomic E-state index is 0.453. The standard InChI is InChI=1S/C25H44N6/c1-5-26-25(27-17-21(3)18-30-14-12-29(6-2)13-15-30)28-24-16-22(4)31(20-24)19-23-10-8-7-9-11-23/h7-11,21-22,24H,5-6,12-20H2,1-4H3,(H2,26,27,28). The van der Waals surface area contributed by atoms with Crippen LogP contribution in [0.15, 0.2) is 35.3 Å². The molecular weight excluding hydrogens is 384 g/mol. The van der Waals surface area contributed by atoms with Gasteiger partial charge in [-0.15, -0.1) is 0 Å². The quantitative estimate of drug-likeness (QED) is 0.467. The topological polar surface area (TPSA) is 46.1 Å². The number of hydrogen-bond acceptors (Lipinski definition) is 4. The van der Waals surface area contributed by atoms with Crippen LogP contribution in [0.4, 0.5) is 0 Å². The highest BCUT2D eigenvalue weighted by Gasteiger charge is 2.29. The summed E-state index contributed by atoms with van der Waals surface area (Å²) >= 11 is 0. The van der Waals surface area contributed by atoms with Crippen molar-refractivity contribution in [3.05, 3.63) is 35.9 Å². The van der Waals surface area contributed by atoms with Crippen LogP contribution in [-0.4, -0.2) is 91.6 Å². The Morgan fingerprint density at radius 3 is 2.48 bits per heavy atom. The molecule has 0 spiro atoms. The lowest BCUT2D eigenvalue weighted by Gasteiger charge is -2.35. The Labute approximate surface area is 190 Å². The lowest BCUT2D eigenvalue weighted by Crippen LogP contribution is -2.47. The van der Waals surface area contributed by atoms with Crippen molar-refractivity contribution in [2.24, 2.45) is 10.9 Å². The molecule has 3 unspecified atom stereocenters. The van der Waals surface area contributed by atoms with Gasteiger partial charge in [0.25, 0.3) is 0 Å². The maximum atomic E-state index is 4.95. The minimum atomic E-state index is 0.453. The predicted molar refractivity (Wildman–Crippen MR) is 132 cm³/mol. The molecule has 3 rings (SSSR count). The van der Waals surface area contributed by atoms with E-state index in [0.29, 0.717) is 18.0 Å². The van der Waals surface area contributed by atoms with Gasteiger partial charge in [-0.05, 0) is 38.3 Å². The number of hydrogen-bond donors (Lipinski definition) is 2. The van der Waals surface area contributed by atoms with E-state index in [9.17, 15) is 0 Å². The van der Waals surface area contributed by atoms with E-state index in [1.165, 1.54) is 38.3 Å². The zero-order valence-electron chi connectivity index (χ0n) is 20.2. The van der Waals surface area contributed by atoms with Gasteiger partial charge in [-0.2, -0.15) is 0 Å². The number of benzene rings is 1. The second-order valence-corrected chi connectivity index (χ2v) is 9.40. The molecule has 0 saturated carbocycles. The molecule has 2 N–H and O–H groups in total. The highest BCUT2D eigenvalue weighted by molar-refractivity contribution is 5.80. The minimum Gasteiger partial charge on any atom is -0.357 e. The van der Waals surface area contributed by atoms with Crippen LogP contribution in [0, 0.1) is 5.92 Å². The van der Waals surface area contributed by atoms with Crippen molar-refractivity contribution in [2.75, 3.05) is 58.9 Å². The Kier molecular flexibility index (Phi) is 9.62. The molecule has 31 heavy (non-hydrogen) atoms. The fraction of sp³-hybridized carbons (Fsp3) is 0.720. The second kappa shape index (κ2) is 12.4. The number of nitrogens with one attached hydrogen (secondary N) is 2. The first-order chi connectivity index (χ1) is 15.1. The average Bonchev–Trinajstić information content (AvgIpc) is 3.12. The van der Waals surface area contributed by atoms with Crippen LogP contribution in [-0.2, 0) is 6.54 Å². The Hall–Kier alpha value is -1.63. The number of likely N-dealkylation sites (N-methyl/N-ethyl adjacent to an activating group) is 1. The first-order valence-corrected chi connectivity index (χ1v) is 12.3. The third-order valence-electron chi connectivity index (χ3n) is 6.66. The fourth-order valence-corrected chi connectivity index (χ4v) is 4.79. The summed E-state index contributed by atoms with van der Waals surface area (Å²) in [6.07, 6.45) is 1.16. The van der Waals surface area contributed by atoms with Gasteiger partial charge in [0.15, 0.2) is 5.96 Å². The van der Waals surface area contributed by atoms with Crippen LogP contribution in [0.1, 0.15) is 39.7 Å². The van der Waals surface area contributed by atoms with Gasteiger partial charge in [-0.25, -0.2) is 0 Å². The second-order valence-electron chi connectivity index (χ2n) is 9.40. The highest BCUT2D eigenvalue weighted by atomic mass is 15.3. The van der Waals surface area contributed by atoms with Crippen LogP contribution in [0.2, 0.25) is 0 Å². The summed E-state index contributed by atoms with van der Waals surface area (Å²) in [7, 11) is 0.